The van der Waals surface area contributed by atoms with E-state index in [-0.39, 0.29) is 17.2 Å². The summed E-state index contributed by atoms with van der Waals surface area (Å²) in [4.78, 5) is 36.4. The third-order valence-electron chi connectivity index (χ3n) is 3.86. The van der Waals surface area contributed by atoms with Crippen LogP contribution in [0.2, 0.25) is 0 Å². The normalized spacial score (nSPS) is 11.5. The summed E-state index contributed by atoms with van der Waals surface area (Å²) in [6.45, 7) is 2.95. The molecule has 154 valence electrons. The zero-order chi connectivity index (χ0) is 21.4. The van der Waals surface area contributed by atoms with E-state index in [1.807, 2.05) is 0 Å². The van der Waals surface area contributed by atoms with Crippen LogP contribution in [0.4, 0.5) is 8.78 Å². The number of hydrogen-bond donors (Lipinski definition) is 3. The van der Waals surface area contributed by atoms with Crippen LogP contribution in [0.1, 0.15) is 24.2 Å². The first-order valence-corrected chi connectivity index (χ1v) is 8.80. The summed E-state index contributed by atoms with van der Waals surface area (Å²) in [5.74, 6) is -3.29. The Morgan fingerprint density at radius 3 is 2.24 bits per heavy atom. The van der Waals surface area contributed by atoms with Crippen molar-refractivity contribution in [2.24, 2.45) is 5.92 Å². The molecule has 29 heavy (non-hydrogen) atoms. The third-order valence-corrected chi connectivity index (χ3v) is 3.86. The molecule has 0 spiro atoms. The summed E-state index contributed by atoms with van der Waals surface area (Å²) < 4.78 is 31.7. The van der Waals surface area contributed by atoms with Crippen LogP contribution in [-0.2, 0) is 9.59 Å². The van der Waals surface area contributed by atoms with Crippen LogP contribution in [0, 0.1) is 17.6 Å². The van der Waals surface area contributed by atoms with E-state index in [2.05, 4.69) is 16.2 Å². The molecule has 3 N–H and O–H groups in total. The molecule has 7 nitrogen and oxygen atoms in total. The molecule has 0 saturated carbocycles. The number of carbonyl (C=O) groups excluding carboxylic acids is 3. The fourth-order valence-electron chi connectivity index (χ4n) is 2.32. The summed E-state index contributed by atoms with van der Waals surface area (Å²) in [6.07, 6.45) is 0. The summed E-state index contributed by atoms with van der Waals surface area (Å²) in [6, 6.07) is 9.45. The fourth-order valence-corrected chi connectivity index (χ4v) is 2.32. The second kappa shape index (κ2) is 10.2. The number of nitrogens with one attached hydrogen (secondary N) is 3. The highest BCUT2D eigenvalue weighted by molar-refractivity contribution is 5.98. The summed E-state index contributed by atoms with van der Waals surface area (Å²) in [7, 11) is 0. The van der Waals surface area contributed by atoms with Crippen LogP contribution in [-0.4, -0.2) is 30.4 Å². The van der Waals surface area contributed by atoms with Crippen molar-refractivity contribution in [3.05, 3.63) is 65.7 Å². The van der Waals surface area contributed by atoms with Crippen molar-refractivity contribution in [3.8, 4) is 5.75 Å². The van der Waals surface area contributed by atoms with Gasteiger partial charge in [0.25, 0.3) is 17.7 Å². The molecule has 0 aliphatic heterocycles. The largest absolute Gasteiger partial charge is 0.484 e. The number of carbonyl (C=O) groups is 3. The maximum absolute atomic E-state index is 13.7. The van der Waals surface area contributed by atoms with Crippen LogP contribution >= 0.6 is 0 Å². The van der Waals surface area contributed by atoms with E-state index in [9.17, 15) is 23.2 Å². The highest BCUT2D eigenvalue weighted by Crippen LogP contribution is 2.11. The molecule has 0 heterocycles. The molecule has 2 aromatic rings. The van der Waals surface area contributed by atoms with Crippen molar-refractivity contribution >= 4 is 17.7 Å². The van der Waals surface area contributed by atoms with Crippen LogP contribution < -0.4 is 20.9 Å². The number of hydrogen-bond acceptors (Lipinski definition) is 4. The average molecular weight is 405 g/mol. The molecular weight excluding hydrogens is 384 g/mol. The molecule has 0 radical (unpaired) electrons. The molecule has 0 aliphatic carbocycles. The molecule has 9 heteroatoms. The van der Waals surface area contributed by atoms with Gasteiger partial charge in [-0.2, -0.15) is 0 Å². The Bertz CT molecular complexity index is 872. The molecule has 0 aromatic heterocycles. The lowest BCUT2D eigenvalue weighted by atomic mass is 10.0. The smallest absolute Gasteiger partial charge is 0.276 e. The Morgan fingerprint density at radius 1 is 0.966 bits per heavy atom. The Hall–Kier alpha value is -3.49. The molecule has 0 unspecified atom stereocenters. The van der Waals surface area contributed by atoms with Crippen molar-refractivity contribution in [1.82, 2.24) is 16.2 Å². The minimum absolute atomic E-state index is 0.192. The lowest BCUT2D eigenvalue weighted by Gasteiger charge is -2.22. The summed E-state index contributed by atoms with van der Waals surface area (Å²) in [5, 5.41) is 2.45. The zero-order valence-electron chi connectivity index (χ0n) is 15.9. The Kier molecular flexibility index (Phi) is 7.64. The van der Waals surface area contributed by atoms with E-state index in [1.54, 1.807) is 13.8 Å². The first kappa shape index (κ1) is 21.8. The quantitative estimate of drug-likeness (QED) is 0.614. The first-order valence-electron chi connectivity index (χ1n) is 8.80. The van der Waals surface area contributed by atoms with Gasteiger partial charge in [0.2, 0.25) is 0 Å². The van der Waals surface area contributed by atoms with Gasteiger partial charge in [-0.05, 0) is 42.3 Å². The van der Waals surface area contributed by atoms with Gasteiger partial charge < -0.3 is 10.1 Å². The van der Waals surface area contributed by atoms with E-state index >= 15 is 0 Å². The van der Waals surface area contributed by atoms with Gasteiger partial charge >= 0.3 is 0 Å². The lowest BCUT2D eigenvalue weighted by molar-refractivity contribution is -0.131. The van der Waals surface area contributed by atoms with Crippen molar-refractivity contribution in [2.45, 2.75) is 19.9 Å². The number of rotatable bonds is 7. The molecule has 3 amide bonds. The van der Waals surface area contributed by atoms with Crippen LogP contribution in [0.25, 0.3) is 0 Å². The van der Waals surface area contributed by atoms with Gasteiger partial charge in [-0.3, -0.25) is 25.2 Å². The maximum atomic E-state index is 13.7. The number of halogens is 2. The Morgan fingerprint density at radius 2 is 1.62 bits per heavy atom. The van der Waals surface area contributed by atoms with Crippen molar-refractivity contribution in [1.29, 1.82) is 0 Å². The van der Waals surface area contributed by atoms with Gasteiger partial charge in [-0.1, -0.05) is 26.0 Å². The number of amides is 3. The van der Waals surface area contributed by atoms with E-state index in [0.717, 1.165) is 6.07 Å². The molecule has 2 aromatic carbocycles. The van der Waals surface area contributed by atoms with Gasteiger partial charge in [-0.25, -0.2) is 8.78 Å². The number of hydrazine groups is 1. The fraction of sp³-hybridized carbons (Fsp3) is 0.250. The van der Waals surface area contributed by atoms with Gasteiger partial charge in [0.15, 0.2) is 6.61 Å². The molecule has 0 saturated heterocycles. The highest BCUT2D eigenvalue weighted by atomic mass is 19.1. The van der Waals surface area contributed by atoms with E-state index in [4.69, 9.17) is 4.74 Å². The predicted octanol–water partition coefficient (Wildman–Crippen LogP) is 1.95. The molecule has 2 rings (SSSR count). The van der Waals surface area contributed by atoms with Crippen molar-refractivity contribution in [3.63, 3.8) is 0 Å². The summed E-state index contributed by atoms with van der Waals surface area (Å²) in [5.41, 5.74) is 4.16. The van der Waals surface area contributed by atoms with E-state index in [1.165, 1.54) is 42.5 Å². The monoisotopic (exact) mass is 405 g/mol. The third kappa shape index (κ3) is 6.56. The SMILES string of the molecule is CC(C)[C@H](NC(=O)c1ccccc1F)C(=O)NNC(=O)COc1ccc(F)cc1. The van der Waals surface area contributed by atoms with Crippen LogP contribution in [0.5, 0.6) is 5.75 Å². The van der Waals surface area contributed by atoms with Crippen LogP contribution in [0.15, 0.2) is 48.5 Å². The second-order valence-electron chi connectivity index (χ2n) is 6.46. The minimum atomic E-state index is -1.01. The Balaban J connectivity index is 1.87. The van der Waals surface area contributed by atoms with E-state index < -0.39 is 42.0 Å². The van der Waals surface area contributed by atoms with Gasteiger partial charge in [-0.15, -0.1) is 0 Å². The molecule has 0 bridgehead atoms. The maximum Gasteiger partial charge on any atom is 0.276 e. The molecular formula is C20H21F2N3O4. The number of ether oxygens (including phenoxy) is 1. The van der Waals surface area contributed by atoms with Gasteiger partial charge in [0.1, 0.15) is 23.4 Å². The molecule has 1 atom stereocenters. The van der Waals surface area contributed by atoms with Gasteiger partial charge in [0, 0.05) is 0 Å². The minimum Gasteiger partial charge on any atom is -0.484 e. The van der Waals surface area contributed by atoms with Gasteiger partial charge in [0.05, 0.1) is 5.56 Å². The predicted molar refractivity (Wildman–Crippen MR) is 101 cm³/mol. The van der Waals surface area contributed by atoms with E-state index in [0.29, 0.717) is 0 Å². The summed E-state index contributed by atoms with van der Waals surface area (Å²) >= 11 is 0. The molecule has 0 fully saturated rings. The molecule has 0 aliphatic rings. The van der Waals surface area contributed by atoms with Crippen molar-refractivity contribution in [2.75, 3.05) is 6.61 Å². The zero-order valence-corrected chi connectivity index (χ0v) is 15.9. The average Bonchev–Trinajstić information content (AvgIpc) is 2.69. The topological polar surface area (TPSA) is 96.5 Å². The first-order chi connectivity index (χ1) is 13.8. The van der Waals surface area contributed by atoms with Crippen LogP contribution in [0.3, 0.4) is 0 Å². The highest BCUT2D eigenvalue weighted by Gasteiger charge is 2.26. The van der Waals surface area contributed by atoms with Crippen molar-refractivity contribution < 1.29 is 27.9 Å². The second-order valence-corrected chi connectivity index (χ2v) is 6.46. The Labute approximate surface area is 166 Å². The lowest BCUT2D eigenvalue weighted by Crippen LogP contribution is -2.55. The number of benzene rings is 2. The standard InChI is InChI=1S/C20H21F2N3O4/c1-12(2)18(23-19(27)15-5-3-4-6-16(15)22)20(28)25-24-17(26)11-29-14-9-7-13(21)8-10-14/h3-10,12,18H,11H2,1-2H3,(H,23,27)(H,24,26)(H,25,28)/t18-/m0/s1.